The molecule has 0 aliphatic heterocycles. The number of nitrogens with one attached hydrogen (secondary N) is 1. The smallest absolute Gasteiger partial charge is 0.306 e. The van der Waals surface area contributed by atoms with Gasteiger partial charge in [-0.3, -0.25) is 14.2 Å². The van der Waals surface area contributed by atoms with Gasteiger partial charge in [0.1, 0.15) is 19.3 Å². The lowest BCUT2D eigenvalue weighted by molar-refractivity contribution is -0.870. The number of carbonyl (C=O) groups excluding carboxylic acids is 2. The van der Waals surface area contributed by atoms with Crippen LogP contribution in [0.5, 0.6) is 0 Å². The van der Waals surface area contributed by atoms with Crippen LogP contribution in [0.25, 0.3) is 0 Å². The van der Waals surface area contributed by atoms with Crippen molar-refractivity contribution in [2.75, 3.05) is 40.9 Å². The number of amides is 1. The highest BCUT2D eigenvalue weighted by Crippen LogP contribution is 2.38. The van der Waals surface area contributed by atoms with Crippen LogP contribution in [0.1, 0.15) is 297 Å². The summed E-state index contributed by atoms with van der Waals surface area (Å²) >= 11 is 0. The van der Waals surface area contributed by atoms with Crippen molar-refractivity contribution in [3.63, 3.8) is 0 Å². The van der Waals surface area contributed by atoms with E-state index < -0.39 is 26.6 Å². The normalized spacial score (nSPS) is 14.3. The number of nitrogens with zero attached hydrogens (tertiary/aromatic N) is 1. The van der Waals surface area contributed by atoms with Crippen molar-refractivity contribution in [3.8, 4) is 0 Å². The predicted octanol–water partition coefficient (Wildman–Crippen LogP) is 22.0. The van der Waals surface area contributed by atoms with Crippen LogP contribution < -0.4 is 10.2 Å². The number of esters is 1. The molecule has 0 heterocycles. The van der Waals surface area contributed by atoms with E-state index in [9.17, 15) is 19.0 Å². The fourth-order valence-corrected chi connectivity index (χ4v) is 10.4. The highest BCUT2D eigenvalue weighted by atomic mass is 31.2. The molecule has 0 rings (SSSR count). The minimum atomic E-state index is -4.72. The molecule has 10 heteroatoms. The first-order valence-electron chi connectivity index (χ1n) is 35.3. The third kappa shape index (κ3) is 64.9. The summed E-state index contributed by atoms with van der Waals surface area (Å²) in [4.78, 5) is 40.2. The first-order chi connectivity index (χ1) is 41.9. The third-order valence-electron chi connectivity index (χ3n) is 15.1. The van der Waals surface area contributed by atoms with E-state index in [-0.39, 0.29) is 24.9 Å². The van der Waals surface area contributed by atoms with Gasteiger partial charge in [-0.15, -0.1) is 0 Å². The zero-order valence-electron chi connectivity index (χ0n) is 56.5. The van der Waals surface area contributed by atoms with Crippen LogP contribution in [-0.4, -0.2) is 69.4 Å². The van der Waals surface area contributed by atoms with Gasteiger partial charge in [0.05, 0.1) is 33.8 Å². The van der Waals surface area contributed by atoms with Crippen molar-refractivity contribution in [2.24, 2.45) is 0 Å². The maximum absolute atomic E-state index is 13.6. The van der Waals surface area contributed by atoms with Gasteiger partial charge < -0.3 is 28.5 Å². The van der Waals surface area contributed by atoms with Crippen LogP contribution in [0.2, 0.25) is 0 Å². The maximum Gasteiger partial charge on any atom is 0.306 e. The molecular weight excluding hydrogens is 1080 g/mol. The Bertz CT molecular complexity index is 1890. The van der Waals surface area contributed by atoms with E-state index in [0.717, 1.165) is 135 Å². The fraction of sp³-hybridized carbons (Fsp3) is 0.711. The number of carbonyl (C=O) groups is 2. The molecule has 0 saturated carbocycles. The van der Waals surface area contributed by atoms with Crippen LogP contribution in [0.3, 0.4) is 0 Å². The summed E-state index contributed by atoms with van der Waals surface area (Å²) in [5, 5.41) is 3.03. The zero-order chi connectivity index (χ0) is 62.8. The van der Waals surface area contributed by atoms with Crippen molar-refractivity contribution >= 4 is 19.7 Å². The van der Waals surface area contributed by atoms with Gasteiger partial charge in [-0.2, -0.15) is 0 Å². The van der Waals surface area contributed by atoms with Gasteiger partial charge in [-0.05, 0) is 122 Å². The number of phosphoric acid groups is 1. The van der Waals surface area contributed by atoms with E-state index >= 15 is 0 Å². The molecule has 0 aliphatic rings. The second kappa shape index (κ2) is 64.4. The highest BCUT2D eigenvalue weighted by Gasteiger charge is 2.27. The molecule has 0 bridgehead atoms. The second-order valence-corrected chi connectivity index (χ2v) is 26.1. The van der Waals surface area contributed by atoms with Gasteiger partial charge in [0.15, 0.2) is 0 Å². The molecule has 9 nitrogen and oxygen atoms in total. The number of phosphoric ester groups is 1. The first kappa shape index (κ1) is 82.4. The van der Waals surface area contributed by atoms with Crippen LogP contribution in [-0.2, 0) is 27.9 Å². The average molecular weight is 1220 g/mol. The monoisotopic (exact) mass is 1220 g/mol. The van der Waals surface area contributed by atoms with Crippen LogP contribution in [0.4, 0.5) is 0 Å². The molecule has 1 N–H and O–H groups in total. The quantitative estimate of drug-likeness (QED) is 0.0212. The van der Waals surface area contributed by atoms with Crippen LogP contribution in [0, 0.1) is 0 Å². The molecule has 0 aromatic heterocycles. The molecule has 0 fully saturated rings. The van der Waals surface area contributed by atoms with Gasteiger partial charge in [-0.25, -0.2) is 0 Å². The number of hydrogen-bond acceptors (Lipinski definition) is 7. The lowest BCUT2D eigenvalue weighted by Crippen LogP contribution is -2.47. The summed E-state index contributed by atoms with van der Waals surface area (Å²) in [7, 11) is 1.16. The molecule has 1 amide bonds. The molecule has 0 aromatic rings. The van der Waals surface area contributed by atoms with Gasteiger partial charge in [-0.1, -0.05) is 284 Å². The van der Waals surface area contributed by atoms with Gasteiger partial charge in [0, 0.05) is 12.8 Å². The Labute approximate surface area is 531 Å². The van der Waals surface area contributed by atoms with Gasteiger partial charge >= 0.3 is 5.97 Å². The molecule has 0 radical (unpaired) electrons. The van der Waals surface area contributed by atoms with Crippen molar-refractivity contribution in [3.05, 3.63) is 122 Å². The standard InChI is InChI=1S/C76H133N2O7P/c1-7-10-13-16-19-22-25-28-30-32-34-36-37-38-39-40-41-43-44-46-48-50-53-56-59-62-65-68-75(79)77-73(72-84-86(81,82)83-71-70-78(4,5)6)74(67-64-61-58-55-52-27-24-21-18-15-12-9-3)85-76(80)69-66-63-60-57-54-51-49-47-45-42-35-33-31-29-26-23-20-17-14-11-8-2/h10,13,19-20,22-23,28-31,34-36,38-39,42,47,49,64,67,73-74H,7-9,11-12,14-18,21,24-27,32-33,37,40-41,43-46,48,50-63,65-66,68-72H2,1-6H3,(H-,77,79,81,82)/b13-10-,22-19-,23-20-,30-28-,31-29-,36-34-,39-38-,42-35-,49-47-,67-64-. The molecule has 0 spiro atoms. The summed E-state index contributed by atoms with van der Waals surface area (Å²) in [5.74, 6) is -0.567. The molecular formula is C76H133N2O7P. The Morgan fingerprint density at radius 2 is 0.744 bits per heavy atom. The number of unbranched alkanes of at least 4 members (excludes halogenated alkanes) is 29. The van der Waals surface area contributed by atoms with E-state index in [4.69, 9.17) is 13.8 Å². The van der Waals surface area contributed by atoms with Crippen molar-refractivity contribution in [1.82, 2.24) is 5.32 Å². The fourth-order valence-electron chi connectivity index (χ4n) is 9.71. The Balaban J connectivity index is 5.12. The second-order valence-electron chi connectivity index (χ2n) is 24.6. The molecule has 0 aliphatic carbocycles. The summed E-state index contributed by atoms with van der Waals surface area (Å²) in [5.41, 5.74) is 0. The Kier molecular flexibility index (Phi) is 61.7. The first-order valence-corrected chi connectivity index (χ1v) is 36.8. The Hall–Kier alpha value is -3.59. The van der Waals surface area contributed by atoms with E-state index in [2.05, 4.69) is 135 Å². The van der Waals surface area contributed by atoms with E-state index in [1.165, 1.54) is 122 Å². The zero-order valence-corrected chi connectivity index (χ0v) is 57.4. The molecule has 3 atom stereocenters. The largest absolute Gasteiger partial charge is 0.756 e. The van der Waals surface area contributed by atoms with Crippen molar-refractivity contribution < 1.29 is 37.3 Å². The lowest BCUT2D eigenvalue weighted by Gasteiger charge is -2.30. The molecule has 0 aromatic carbocycles. The minimum absolute atomic E-state index is 0.0317. The van der Waals surface area contributed by atoms with E-state index in [1.54, 1.807) is 0 Å². The summed E-state index contributed by atoms with van der Waals surface area (Å²) < 4.78 is 30.4. The summed E-state index contributed by atoms with van der Waals surface area (Å²) in [6.45, 7) is 6.69. The Morgan fingerprint density at radius 3 is 1.14 bits per heavy atom. The van der Waals surface area contributed by atoms with Gasteiger partial charge in [0.2, 0.25) is 5.91 Å². The molecule has 86 heavy (non-hydrogen) atoms. The average Bonchev–Trinajstić information content (AvgIpc) is 3.67. The number of quaternary nitrogens is 1. The van der Waals surface area contributed by atoms with E-state index in [1.807, 2.05) is 33.3 Å². The summed E-state index contributed by atoms with van der Waals surface area (Å²) in [6.07, 6.45) is 90.3. The summed E-state index contributed by atoms with van der Waals surface area (Å²) in [6, 6.07) is -0.907. The highest BCUT2D eigenvalue weighted by molar-refractivity contribution is 7.45. The predicted molar refractivity (Wildman–Crippen MR) is 371 cm³/mol. The number of hydrogen-bond donors (Lipinski definition) is 1. The molecule has 3 unspecified atom stereocenters. The minimum Gasteiger partial charge on any atom is -0.756 e. The Morgan fingerprint density at radius 1 is 0.419 bits per heavy atom. The maximum atomic E-state index is 13.6. The number of rotatable bonds is 63. The van der Waals surface area contributed by atoms with Crippen molar-refractivity contribution in [2.45, 2.75) is 309 Å². The topological polar surface area (TPSA) is 114 Å². The lowest BCUT2D eigenvalue weighted by atomic mass is 10.0. The van der Waals surface area contributed by atoms with Crippen LogP contribution in [0.15, 0.2) is 122 Å². The molecule has 494 valence electrons. The van der Waals surface area contributed by atoms with E-state index in [0.29, 0.717) is 23.9 Å². The van der Waals surface area contributed by atoms with Crippen molar-refractivity contribution in [1.29, 1.82) is 0 Å². The van der Waals surface area contributed by atoms with Gasteiger partial charge in [0.25, 0.3) is 7.82 Å². The number of likely N-dealkylation sites (N-methyl/N-ethyl adjacent to an activating group) is 1. The van der Waals surface area contributed by atoms with Crippen LogP contribution >= 0.6 is 7.82 Å². The molecule has 0 saturated heterocycles. The number of ether oxygens (including phenoxy) is 1. The SMILES string of the molecule is CC/C=C\C/C=C\C/C=C\C/C=C\C/C=C\CCCCCCCCCCCCCC(=O)NC(COP(=O)([O-])OCC[N+](C)(C)C)C(/C=C\CCCCCCCCCCCC)OC(=O)CCCCCCC/C=C\C/C=C\C/C=C\C/C=C\CCCCC. The number of allylic oxidation sites excluding steroid dienone is 19. The third-order valence-corrected chi connectivity index (χ3v) is 16.1.